The fourth-order valence-electron chi connectivity index (χ4n) is 2.23. The molecule has 0 aromatic heterocycles. The number of hydrogen-bond acceptors (Lipinski definition) is 3. The highest BCUT2D eigenvalue weighted by molar-refractivity contribution is 7.89. The van der Waals surface area contributed by atoms with Gasteiger partial charge < -0.3 is 5.32 Å². The van der Waals surface area contributed by atoms with Gasteiger partial charge in [-0.2, -0.15) is 0 Å². The molecular formula is C13H19ClN2O2S. The van der Waals surface area contributed by atoms with Crippen molar-refractivity contribution in [2.75, 3.05) is 13.1 Å². The molecule has 1 aromatic rings. The third-order valence-electron chi connectivity index (χ3n) is 3.51. The molecule has 2 unspecified atom stereocenters. The minimum Gasteiger partial charge on any atom is -0.315 e. The van der Waals surface area contributed by atoms with Crippen LogP contribution in [-0.2, 0) is 10.0 Å². The van der Waals surface area contributed by atoms with E-state index < -0.39 is 10.0 Å². The van der Waals surface area contributed by atoms with Crippen LogP contribution in [0, 0.1) is 12.8 Å². The minimum absolute atomic E-state index is 0.0869. The van der Waals surface area contributed by atoms with E-state index in [-0.39, 0.29) is 16.0 Å². The summed E-state index contributed by atoms with van der Waals surface area (Å²) >= 11 is 6.03. The summed E-state index contributed by atoms with van der Waals surface area (Å²) in [6.45, 7) is 5.53. The molecule has 2 N–H and O–H groups in total. The topological polar surface area (TPSA) is 58.2 Å². The first-order valence-electron chi connectivity index (χ1n) is 6.39. The Hall–Kier alpha value is -0.620. The standard InChI is InChI=1S/C13H19ClN2O2S/c1-9-3-4-13(11(14)7-9)19(17,18)16-12-8-15-6-5-10(12)2/h3-4,7,10,12,15-16H,5-6,8H2,1-2H3. The van der Waals surface area contributed by atoms with Crippen LogP contribution in [0.2, 0.25) is 5.02 Å². The van der Waals surface area contributed by atoms with Crippen LogP contribution in [0.5, 0.6) is 0 Å². The lowest BCUT2D eigenvalue weighted by Gasteiger charge is -2.30. The maximum absolute atomic E-state index is 12.4. The first kappa shape index (κ1) is 14.8. The van der Waals surface area contributed by atoms with Gasteiger partial charge in [0.05, 0.1) is 5.02 Å². The number of benzene rings is 1. The van der Waals surface area contributed by atoms with Crippen LogP contribution >= 0.6 is 11.6 Å². The van der Waals surface area contributed by atoms with Gasteiger partial charge in [0.25, 0.3) is 0 Å². The van der Waals surface area contributed by atoms with E-state index in [9.17, 15) is 8.42 Å². The van der Waals surface area contributed by atoms with Crippen molar-refractivity contribution in [2.45, 2.75) is 31.2 Å². The molecule has 0 bridgehead atoms. The zero-order chi connectivity index (χ0) is 14.0. The lowest BCUT2D eigenvalue weighted by molar-refractivity contribution is 0.327. The van der Waals surface area contributed by atoms with E-state index in [0.29, 0.717) is 12.5 Å². The molecule has 6 heteroatoms. The van der Waals surface area contributed by atoms with Crippen LogP contribution in [0.25, 0.3) is 0 Å². The van der Waals surface area contributed by atoms with E-state index in [2.05, 4.69) is 17.0 Å². The summed E-state index contributed by atoms with van der Waals surface area (Å²) in [6.07, 6.45) is 0.967. The zero-order valence-corrected chi connectivity index (χ0v) is 12.7. The summed E-state index contributed by atoms with van der Waals surface area (Å²) in [5, 5.41) is 3.47. The molecular weight excluding hydrogens is 284 g/mol. The van der Waals surface area contributed by atoms with Gasteiger partial charge >= 0.3 is 0 Å². The van der Waals surface area contributed by atoms with Crippen molar-refractivity contribution >= 4 is 21.6 Å². The highest BCUT2D eigenvalue weighted by Gasteiger charge is 2.27. The first-order valence-corrected chi connectivity index (χ1v) is 8.25. The van der Waals surface area contributed by atoms with Crippen LogP contribution in [0.4, 0.5) is 0 Å². The van der Waals surface area contributed by atoms with E-state index in [4.69, 9.17) is 11.6 Å². The Morgan fingerprint density at radius 1 is 1.42 bits per heavy atom. The first-order chi connectivity index (χ1) is 8.90. The minimum atomic E-state index is -3.56. The van der Waals surface area contributed by atoms with Gasteiger partial charge in [0.2, 0.25) is 10.0 Å². The van der Waals surface area contributed by atoms with Gasteiger partial charge in [0.1, 0.15) is 4.90 Å². The van der Waals surface area contributed by atoms with E-state index in [0.717, 1.165) is 18.5 Å². The van der Waals surface area contributed by atoms with Gasteiger partial charge in [-0.15, -0.1) is 0 Å². The lowest BCUT2D eigenvalue weighted by Crippen LogP contribution is -2.50. The summed E-state index contributed by atoms with van der Waals surface area (Å²) in [4.78, 5) is 0.151. The van der Waals surface area contributed by atoms with Crippen LogP contribution in [0.1, 0.15) is 18.9 Å². The maximum Gasteiger partial charge on any atom is 0.242 e. The van der Waals surface area contributed by atoms with Crippen molar-refractivity contribution in [3.8, 4) is 0 Å². The van der Waals surface area contributed by atoms with E-state index >= 15 is 0 Å². The molecule has 106 valence electrons. The summed E-state index contributed by atoms with van der Waals surface area (Å²) in [6, 6.07) is 4.89. The fraction of sp³-hybridized carbons (Fsp3) is 0.538. The molecule has 0 radical (unpaired) electrons. The largest absolute Gasteiger partial charge is 0.315 e. The molecule has 1 aromatic carbocycles. The normalized spacial score (nSPS) is 24.4. The fourth-order valence-corrected chi connectivity index (χ4v) is 4.18. The highest BCUT2D eigenvalue weighted by Crippen LogP contribution is 2.23. The van der Waals surface area contributed by atoms with Gasteiger partial charge in [-0.05, 0) is 43.5 Å². The Morgan fingerprint density at radius 3 is 2.79 bits per heavy atom. The van der Waals surface area contributed by atoms with Gasteiger partial charge in [-0.25, -0.2) is 13.1 Å². The quantitative estimate of drug-likeness (QED) is 0.897. The van der Waals surface area contributed by atoms with Crippen molar-refractivity contribution in [2.24, 2.45) is 5.92 Å². The number of hydrogen-bond donors (Lipinski definition) is 2. The van der Waals surface area contributed by atoms with Crippen LogP contribution < -0.4 is 10.0 Å². The molecule has 0 aliphatic carbocycles. The SMILES string of the molecule is Cc1ccc(S(=O)(=O)NC2CNCCC2C)c(Cl)c1. The van der Waals surface area contributed by atoms with Gasteiger partial charge in [-0.3, -0.25) is 0 Å². The number of nitrogens with one attached hydrogen (secondary N) is 2. The number of halogens is 1. The molecule has 1 saturated heterocycles. The van der Waals surface area contributed by atoms with E-state index in [1.165, 1.54) is 0 Å². The average molecular weight is 303 g/mol. The lowest BCUT2D eigenvalue weighted by atomic mass is 9.96. The van der Waals surface area contributed by atoms with Crippen LogP contribution in [0.3, 0.4) is 0 Å². The second-order valence-corrected chi connectivity index (χ2v) is 7.22. The summed E-state index contributed by atoms with van der Waals surface area (Å²) in [5.41, 5.74) is 0.941. The molecule has 1 fully saturated rings. The molecule has 0 spiro atoms. The number of rotatable bonds is 3. The van der Waals surface area contributed by atoms with Crippen molar-refractivity contribution < 1.29 is 8.42 Å². The molecule has 2 rings (SSSR count). The molecule has 4 nitrogen and oxygen atoms in total. The van der Waals surface area contributed by atoms with Crippen molar-refractivity contribution in [1.82, 2.24) is 10.0 Å². The third-order valence-corrected chi connectivity index (χ3v) is 5.48. The Balaban J connectivity index is 2.22. The zero-order valence-electron chi connectivity index (χ0n) is 11.1. The van der Waals surface area contributed by atoms with Crippen LogP contribution in [0.15, 0.2) is 23.1 Å². The molecule has 1 aliphatic rings. The monoisotopic (exact) mass is 302 g/mol. The van der Waals surface area contributed by atoms with Crippen molar-refractivity contribution in [3.05, 3.63) is 28.8 Å². The number of aryl methyl sites for hydroxylation is 1. The van der Waals surface area contributed by atoms with E-state index in [1.54, 1.807) is 18.2 Å². The highest BCUT2D eigenvalue weighted by atomic mass is 35.5. The Morgan fingerprint density at radius 2 is 2.16 bits per heavy atom. The predicted octanol–water partition coefficient (Wildman–Crippen LogP) is 1.92. The predicted molar refractivity (Wildman–Crippen MR) is 76.9 cm³/mol. The van der Waals surface area contributed by atoms with Gasteiger partial charge in [0.15, 0.2) is 0 Å². The summed E-state index contributed by atoms with van der Waals surface area (Å²) < 4.78 is 27.5. The summed E-state index contributed by atoms with van der Waals surface area (Å²) in [5.74, 6) is 0.320. The Kier molecular flexibility index (Phi) is 4.50. The average Bonchev–Trinajstić information content (AvgIpc) is 2.31. The summed E-state index contributed by atoms with van der Waals surface area (Å²) in [7, 11) is -3.56. The maximum atomic E-state index is 12.4. The molecule has 1 heterocycles. The molecule has 19 heavy (non-hydrogen) atoms. The number of sulfonamides is 1. The van der Waals surface area contributed by atoms with Gasteiger partial charge in [0, 0.05) is 12.6 Å². The number of piperidine rings is 1. The molecule has 0 saturated carbocycles. The molecule has 2 atom stereocenters. The van der Waals surface area contributed by atoms with Gasteiger partial charge in [-0.1, -0.05) is 24.6 Å². The van der Waals surface area contributed by atoms with E-state index in [1.807, 2.05) is 6.92 Å². The smallest absolute Gasteiger partial charge is 0.242 e. The van der Waals surface area contributed by atoms with Crippen molar-refractivity contribution in [1.29, 1.82) is 0 Å². The Labute approximate surface area is 119 Å². The van der Waals surface area contributed by atoms with Crippen molar-refractivity contribution in [3.63, 3.8) is 0 Å². The molecule has 1 aliphatic heterocycles. The third kappa shape index (κ3) is 3.48. The second-order valence-electron chi connectivity index (χ2n) is 5.13. The Bertz CT molecular complexity index is 560. The second kappa shape index (κ2) is 5.79. The molecule has 0 amide bonds. The van der Waals surface area contributed by atoms with Crippen LogP contribution in [-0.4, -0.2) is 27.5 Å².